The molecule has 8 heteroatoms. The number of rotatable bonds is 5. The summed E-state index contributed by atoms with van der Waals surface area (Å²) < 4.78 is 23.7. The summed E-state index contributed by atoms with van der Waals surface area (Å²) in [6, 6.07) is 12.4. The maximum atomic E-state index is 13.1. The van der Waals surface area contributed by atoms with E-state index in [1.54, 1.807) is 23.1 Å². The molecule has 1 saturated heterocycles. The summed E-state index contributed by atoms with van der Waals surface area (Å²) in [5, 5.41) is 3.54. The van der Waals surface area contributed by atoms with Crippen LogP contribution < -0.4 is 16.0 Å². The summed E-state index contributed by atoms with van der Waals surface area (Å²) in [7, 11) is 0. The second-order valence-electron chi connectivity index (χ2n) is 8.32. The van der Waals surface area contributed by atoms with Crippen molar-refractivity contribution in [3.63, 3.8) is 0 Å². The number of anilines is 1. The van der Waals surface area contributed by atoms with Gasteiger partial charge in [0.1, 0.15) is 11.9 Å². The molecule has 3 aromatic rings. The van der Waals surface area contributed by atoms with Crippen LogP contribution in [0, 0.1) is 5.82 Å². The molecule has 1 unspecified atom stereocenters. The van der Waals surface area contributed by atoms with Crippen molar-refractivity contribution in [1.82, 2.24) is 10.3 Å². The van der Waals surface area contributed by atoms with Gasteiger partial charge in [0.15, 0.2) is 5.58 Å². The van der Waals surface area contributed by atoms with Gasteiger partial charge in [-0.2, -0.15) is 0 Å². The average Bonchev–Trinajstić information content (AvgIpc) is 3.33. The molecule has 2 aliphatic rings. The van der Waals surface area contributed by atoms with Gasteiger partial charge in [-0.25, -0.2) is 14.0 Å². The summed E-state index contributed by atoms with van der Waals surface area (Å²) in [4.78, 5) is 27.8. The van der Waals surface area contributed by atoms with Crippen molar-refractivity contribution < 1.29 is 18.3 Å². The Morgan fingerprint density at radius 2 is 1.84 bits per heavy atom. The van der Waals surface area contributed by atoms with Gasteiger partial charge in [-0.05, 0) is 61.4 Å². The summed E-state index contributed by atoms with van der Waals surface area (Å²) >= 11 is 0. The van der Waals surface area contributed by atoms with Gasteiger partial charge in [0.25, 0.3) is 0 Å². The van der Waals surface area contributed by atoms with Crippen LogP contribution in [-0.2, 0) is 4.74 Å². The number of hydrogen-bond donors (Lipinski definition) is 2. The molecule has 1 saturated carbocycles. The number of nitrogens with one attached hydrogen (secondary N) is 2. The molecule has 2 N–H and O–H groups in total. The van der Waals surface area contributed by atoms with Crippen LogP contribution in [0.2, 0.25) is 0 Å². The van der Waals surface area contributed by atoms with E-state index in [-0.39, 0.29) is 11.9 Å². The standard InChI is InChI=1S/C23H24FN3O4/c24-16-5-1-14(2-6-16)15-3-7-17(8-4-15)25-12-19-13-27(23(29)30-19)18-9-10-20-21(11-18)31-22(28)26-20/h1-2,5-6,9-11,15,17,19,25H,3-4,7-8,12-13H2,(H,26,28)/t15-,17-,19?. The number of ether oxygens (including phenoxy) is 1. The molecule has 5 rings (SSSR count). The molecule has 1 atom stereocenters. The number of aromatic nitrogens is 1. The third-order valence-electron chi connectivity index (χ3n) is 6.29. The molecule has 2 fully saturated rings. The Kier molecular flexibility index (Phi) is 5.23. The van der Waals surface area contributed by atoms with E-state index in [0.29, 0.717) is 41.8 Å². The first-order valence-electron chi connectivity index (χ1n) is 10.6. The highest BCUT2D eigenvalue weighted by Gasteiger charge is 2.33. The van der Waals surface area contributed by atoms with Crippen molar-refractivity contribution >= 4 is 22.9 Å². The smallest absolute Gasteiger partial charge is 0.417 e. The molecule has 1 amide bonds. The molecule has 7 nitrogen and oxygen atoms in total. The quantitative estimate of drug-likeness (QED) is 0.647. The first-order valence-corrected chi connectivity index (χ1v) is 10.6. The van der Waals surface area contributed by atoms with Gasteiger partial charge in [0, 0.05) is 18.7 Å². The maximum absolute atomic E-state index is 13.1. The number of carbonyl (C=O) groups excluding carboxylic acids is 1. The van der Waals surface area contributed by atoms with E-state index in [1.165, 1.54) is 17.7 Å². The Bertz CT molecular complexity index is 1130. The Hall–Kier alpha value is -3.13. The fraction of sp³-hybridized carbons (Fsp3) is 0.391. The SMILES string of the molecule is O=C1OC(CN[C@H]2CC[C@H](c3ccc(F)cc3)CC2)CN1c1ccc2[nH]c(=O)oc2c1. The second-order valence-corrected chi connectivity index (χ2v) is 8.32. The van der Waals surface area contributed by atoms with Crippen molar-refractivity contribution in [2.75, 3.05) is 18.0 Å². The van der Waals surface area contributed by atoms with E-state index >= 15 is 0 Å². The third-order valence-corrected chi connectivity index (χ3v) is 6.29. The van der Waals surface area contributed by atoms with Crippen LogP contribution in [0.5, 0.6) is 0 Å². The van der Waals surface area contributed by atoms with Crippen LogP contribution in [0.15, 0.2) is 51.7 Å². The fourth-order valence-corrected chi connectivity index (χ4v) is 4.60. The molecule has 0 radical (unpaired) electrons. The minimum Gasteiger partial charge on any atom is -0.443 e. The third kappa shape index (κ3) is 4.20. The van der Waals surface area contributed by atoms with Gasteiger partial charge in [0.2, 0.25) is 0 Å². The highest BCUT2D eigenvalue weighted by Crippen LogP contribution is 2.33. The number of benzene rings is 2. The van der Waals surface area contributed by atoms with E-state index in [0.717, 1.165) is 25.7 Å². The number of hydrogen-bond acceptors (Lipinski definition) is 5. The molecule has 1 aromatic heterocycles. The zero-order chi connectivity index (χ0) is 21.4. The van der Waals surface area contributed by atoms with Crippen LogP contribution in [0.1, 0.15) is 37.2 Å². The van der Waals surface area contributed by atoms with Gasteiger partial charge in [-0.1, -0.05) is 12.1 Å². The lowest BCUT2D eigenvalue weighted by Crippen LogP contribution is -2.39. The summed E-state index contributed by atoms with van der Waals surface area (Å²) in [6.07, 6.45) is 3.55. The number of cyclic esters (lactones) is 1. The van der Waals surface area contributed by atoms with Crippen LogP contribution in [0.4, 0.5) is 14.9 Å². The molecule has 1 aliphatic carbocycles. The molecule has 0 spiro atoms. The number of aromatic amines is 1. The van der Waals surface area contributed by atoms with E-state index in [1.807, 2.05) is 12.1 Å². The predicted octanol–water partition coefficient (Wildman–Crippen LogP) is 3.90. The van der Waals surface area contributed by atoms with E-state index in [2.05, 4.69) is 10.3 Å². The lowest BCUT2D eigenvalue weighted by Gasteiger charge is -2.30. The number of oxazole rings is 1. The summed E-state index contributed by atoms with van der Waals surface area (Å²) in [5.74, 6) is -0.244. The largest absolute Gasteiger partial charge is 0.443 e. The van der Waals surface area contributed by atoms with Crippen molar-refractivity contribution in [1.29, 1.82) is 0 Å². The number of nitrogens with zero attached hydrogens (tertiary/aromatic N) is 1. The molecule has 1 aliphatic heterocycles. The van der Waals surface area contributed by atoms with E-state index in [9.17, 15) is 14.0 Å². The van der Waals surface area contributed by atoms with Gasteiger partial charge in [0.05, 0.1) is 17.7 Å². The lowest BCUT2D eigenvalue weighted by atomic mass is 9.82. The van der Waals surface area contributed by atoms with E-state index < -0.39 is 11.8 Å². The van der Waals surface area contributed by atoms with Crippen LogP contribution in [-0.4, -0.2) is 36.3 Å². The van der Waals surface area contributed by atoms with Gasteiger partial charge in [-0.3, -0.25) is 9.88 Å². The highest BCUT2D eigenvalue weighted by molar-refractivity contribution is 5.92. The lowest BCUT2D eigenvalue weighted by molar-refractivity contribution is 0.136. The van der Waals surface area contributed by atoms with Crippen LogP contribution in [0.25, 0.3) is 11.1 Å². The molecule has 0 bridgehead atoms. The van der Waals surface area contributed by atoms with Crippen molar-refractivity contribution in [2.24, 2.45) is 0 Å². The average molecular weight is 425 g/mol. The van der Waals surface area contributed by atoms with Crippen LogP contribution in [0.3, 0.4) is 0 Å². The normalized spacial score (nSPS) is 24.0. The predicted molar refractivity (Wildman–Crippen MR) is 114 cm³/mol. The number of H-pyrrole nitrogens is 1. The molecule has 2 heterocycles. The Morgan fingerprint density at radius 3 is 2.61 bits per heavy atom. The van der Waals surface area contributed by atoms with Crippen molar-refractivity contribution in [3.05, 3.63) is 64.4 Å². The van der Waals surface area contributed by atoms with Gasteiger partial charge >= 0.3 is 11.8 Å². The summed E-state index contributed by atoms with van der Waals surface area (Å²) in [5.41, 5.74) is 2.85. The fourth-order valence-electron chi connectivity index (χ4n) is 4.60. The van der Waals surface area contributed by atoms with Gasteiger partial charge in [-0.15, -0.1) is 0 Å². The Labute approximate surface area is 178 Å². The molecule has 162 valence electrons. The van der Waals surface area contributed by atoms with E-state index in [4.69, 9.17) is 9.15 Å². The summed E-state index contributed by atoms with van der Waals surface area (Å²) in [6.45, 7) is 1.03. The maximum Gasteiger partial charge on any atom is 0.417 e. The monoisotopic (exact) mass is 425 g/mol. The zero-order valence-electron chi connectivity index (χ0n) is 17.0. The molecule has 31 heavy (non-hydrogen) atoms. The molecule has 2 aromatic carbocycles. The molecular weight excluding hydrogens is 401 g/mol. The Balaban J connectivity index is 1.13. The van der Waals surface area contributed by atoms with Crippen LogP contribution >= 0.6 is 0 Å². The Morgan fingerprint density at radius 1 is 1.06 bits per heavy atom. The molecular formula is C23H24FN3O4. The minimum atomic E-state index is -0.521. The number of amides is 1. The van der Waals surface area contributed by atoms with Crippen molar-refractivity contribution in [3.8, 4) is 0 Å². The number of carbonyl (C=O) groups is 1. The first kappa shape index (κ1) is 19.8. The topological polar surface area (TPSA) is 87.6 Å². The number of halogens is 1. The van der Waals surface area contributed by atoms with Gasteiger partial charge < -0.3 is 14.5 Å². The zero-order valence-corrected chi connectivity index (χ0v) is 17.0. The first-order chi connectivity index (χ1) is 15.0. The minimum absolute atomic E-state index is 0.197. The number of fused-ring (bicyclic) bond motifs is 1. The second kappa shape index (κ2) is 8.19. The highest BCUT2D eigenvalue weighted by atomic mass is 19.1. The van der Waals surface area contributed by atoms with Crippen molar-refractivity contribution in [2.45, 2.75) is 43.7 Å².